The van der Waals surface area contributed by atoms with Gasteiger partial charge in [-0.05, 0) is 31.2 Å². The monoisotopic (exact) mass is 349 g/mol. The minimum atomic E-state index is -0.429. The number of anilines is 1. The van der Waals surface area contributed by atoms with Gasteiger partial charge in [-0.1, -0.05) is 23.3 Å². The quantitative estimate of drug-likeness (QED) is 0.595. The Morgan fingerprint density at radius 1 is 1.19 bits per heavy atom. The second kappa shape index (κ2) is 6.67. The van der Waals surface area contributed by atoms with Gasteiger partial charge in [0.2, 0.25) is 0 Å². The maximum Gasteiger partial charge on any atom is 0.322 e. The third-order valence-corrected chi connectivity index (χ3v) is 3.66. The molecule has 3 heterocycles. The number of pyridine rings is 1. The Labute approximate surface area is 148 Å². The van der Waals surface area contributed by atoms with Crippen LogP contribution in [-0.4, -0.2) is 32.1 Å². The first-order chi connectivity index (χ1) is 12.7. The zero-order valence-electron chi connectivity index (χ0n) is 13.9. The van der Waals surface area contributed by atoms with Gasteiger partial charge < -0.3 is 13.6 Å². The lowest BCUT2D eigenvalue weighted by Crippen LogP contribution is -2.12. The molecule has 26 heavy (non-hydrogen) atoms. The largest absolute Gasteiger partial charge is 0.493 e. The lowest BCUT2D eigenvalue weighted by Gasteiger charge is -2.06. The number of carbonyl (C=O) groups is 1. The summed E-state index contributed by atoms with van der Waals surface area (Å²) in [4.78, 5) is 16.6. The SMILES string of the molecule is CCOc1ccccc1-c1nnc(NC(=O)c2cn3ccccc3n2)o1. The lowest BCUT2D eigenvalue weighted by molar-refractivity contribution is 0.102. The van der Waals surface area contributed by atoms with Crippen molar-refractivity contribution in [2.24, 2.45) is 0 Å². The van der Waals surface area contributed by atoms with Crippen molar-refractivity contribution < 1.29 is 13.9 Å². The number of carbonyl (C=O) groups excluding carboxylic acids is 1. The molecule has 0 saturated carbocycles. The van der Waals surface area contributed by atoms with Crippen molar-refractivity contribution in [1.82, 2.24) is 19.6 Å². The fourth-order valence-corrected chi connectivity index (χ4v) is 2.51. The molecule has 1 amide bonds. The van der Waals surface area contributed by atoms with Crippen LogP contribution in [0.2, 0.25) is 0 Å². The van der Waals surface area contributed by atoms with Crippen molar-refractivity contribution in [2.75, 3.05) is 11.9 Å². The van der Waals surface area contributed by atoms with Crippen molar-refractivity contribution in [1.29, 1.82) is 0 Å². The maximum absolute atomic E-state index is 12.4. The van der Waals surface area contributed by atoms with Gasteiger partial charge in [0.05, 0.1) is 12.2 Å². The molecule has 4 aromatic rings. The highest BCUT2D eigenvalue weighted by molar-refractivity contribution is 6.02. The Kier molecular flexibility index (Phi) is 4.06. The van der Waals surface area contributed by atoms with Crippen molar-refractivity contribution in [3.63, 3.8) is 0 Å². The number of benzene rings is 1. The van der Waals surface area contributed by atoms with Gasteiger partial charge in [0.25, 0.3) is 11.8 Å². The van der Waals surface area contributed by atoms with Crippen molar-refractivity contribution in [3.8, 4) is 17.2 Å². The van der Waals surface area contributed by atoms with E-state index in [1.54, 1.807) is 10.6 Å². The van der Waals surface area contributed by atoms with Crippen molar-refractivity contribution in [3.05, 3.63) is 60.6 Å². The molecule has 0 unspecified atom stereocenters. The van der Waals surface area contributed by atoms with Gasteiger partial charge in [0, 0.05) is 12.4 Å². The molecular weight excluding hydrogens is 334 g/mol. The summed E-state index contributed by atoms with van der Waals surface area (Å²) in [5.41, 5.74) is 1.59. The molecule has 0 spiro atoms. The Balaban J connectivity index is 1.56. The Morgan fingerprint density at radius 2 is 2.04 bits per heavy atom. The highest BCUT2D eigenvalue weighted by Gasteiger charge is 2.17. The molecule has 130 valence electrons. The van der Waals surface area contributed by atoms with Gasteiger partial charge in [-0.15, -0.1) is 5.10 Å². The summed E-state index contributed by atoms with van der Waals surface area (Å²) in [6.45, 7) is 2.41. The summed E-state index contributed by atoms with van der Waals surface area (Å²) in [6, 6.07) is 12.8. The predicted molar refractivity (Wildman–Crippen MR) is 94.0 cm³/mol. The second-order valence-corrected chi connectivity index (χ2v) is 5.39. The summed E-state index contributed by atoms with van der Waals surface area (Å²) in [6.07, 6.45) is 3.45. The molecule has 0 aliphatic carbocycles. The van der Waals surface area contributed by atoms with E-state index in [1.165, 1.54) is 0 Å². The van der Waals surface area contributed by atoms with Crippen LogP contribution in [0.5, 0.6) is 5.75 Å². The van der Waals surface area contributed by atoms with Crippen molar-refractivity contribution in [2.45, 2.75) is 6.92 Å². The fourth-order valence-electron chi connectivity index (χ4n) is 2.51. The molecule has 8 heteroatoms. The van der Waals surface area contributed by atoms with E-state index in [1.807, 2.05) is 55.6 Å². The summed E-state index contributed by atoms with van der Waals surface area (Å²) in [5.74, 6) is 0.471. The van der Waals surface area contributed by atoms with Gasteiger partial charge >= 0.3 is 6.01 Å². The minimum absolute atomic E-state index is 0.00615. The highest BCUT2D eigenvalue weighted by atomic mass is 16.5. The smallest absolute Gasteiger partial charge is 0.322 e. The van der Waals surface area contributed by atoms with Gasteiger partial charge in [-0.2, -0.15) is 0 Å². The van der Waals surface area contributed by atoms with Gasteiger partial charge in [0.15, 0.2) is 0 Å². The Hall–Kier alpha value is -3.68. The van der Waals surface area contributed by atoms with E-state index in [0.717, 1.165) is 0 Å². The third-order valence-electron chi connectivity index (χ3n) is 3.66. The van der Waals surface area contributed by atoms with E-state index in [-0.39, 0.29) is 17.6 Å². The van der Waals surface area contributed by atoms with Crippen molar-refractivity contribution >= 4 is 17.6 Å². The van der Waals surface area contributed by atoms with Crippen LogP contribution in [-0.2, 0) is 0 Å². The third kappa shape index (κ3) is 3.00. The maximum atomic E-state index is 12.4. The Morgan fingerprint density at radius 3 is 2.88 bits per heavy atom. The molecular formula is C18H15N5O3. The average molecular weight is 349 g/mol. The number of nitrogens with zero attached hydrogens (tertiary/aromatic N) is 4. The fraction of sp³-hybridized carbons (Fsp3) is 0.111. The van der Waals surface area contributed by atoms with E-state index < -0.39 is 5.91 Å². The highest BCUT2D eigenvalue weighted by Crippen LogP contribution is 2.29. The molecule has 0 saturated heterocycles. The number of aromatic nitrogens is 4. The van der Waals surface area contributed by atoms with Crippen LogP contribution < -0.4 is 10.1 Å². The van der Waals surface area contributed by atoms with Crippen LogP contribution in [0.3, 0.4) is 0 Å². The predicted octanol–water partition coefficient (Wildman–Crippen LogP) is 3.04. The lowest BCUT2D eigenvalue weighted by atomic mass is 10.2. The van der Waals surface area contributed by atoms with Gasteiger partial charge in [-0.3, -0.25) is 10.1 Å². The first kappa shape index (κ1) is 15.8. The normalized spacial score (nSPS) is 10.8. The summed E-state index contributed by atoms with van der Waals surface area (Å²) in [5, 5.41) is 10.4. The number of hydrogen-bond acceptors (Lipinski definition) is 6. The van der Waals surface area contributed by atoms with Gasteiger partial charge in [0.1, 0.15) is 17.1 Å². The molecule has 4 rings (SSSR count). The second-order valence-electron chi connectivity index (χ2n) is 5.39. The molecule has 0 atom stereocenters. The number of rotatable bonds is 5. The first-order valence-corrected chi connectivity index (χ1v) is 8.05. The van der Waals surface area contributed by atoms with Crippen LogP contribution >= 0.6 is 0 Å². The zero-order valence-corrected chi connectivity index (χ0v) is 13.9. The molecule has 1 N–H and O–H groups in total. The minimum Gasteiger partial charge on any atom is -0.493 e. The van der Waals surface area contributed by atoms with Crippen LogP contribution in [0.4, 0.5) is 6.01 Å². The number of amides is 1. The molecule has 1 aromatic carbocycles. The summed E-state index contributed by atoms with van der Waals surface area (Å²) < 4.78 is 12.9. The Bertz CT molecular complexity index is 1040. The number of imidazole rings is 1. The number of fused-ring (bicyclic) bond motifs is 1. The standard InChI is InChI=1S/C18H15N5O3/c1-2-25-14-8-4-3-7-12(14)17-21-22-18(26-17)20-16(24)13-11-23-10-6-5-9-15(23)19-13/h3-11H,2H2,1H3,(H,20,22,24). The number of hydrogen-bond donors (Lipinski definition) is 1. The molecule has 0 aliphatic rings. The van der Waals surface area contributed by atoms with Crippen LogP contribution in [0.1, 0.15) is 17.4 Å². The van der Waals surface area contributed by atoms with Crippen LogP contribution in [0, 0.1) is 0 Å². The number of para-hydroxylation sites is 1. The van der Waals surface area contributed by atoms with Gasteiger partial charge in [-0.25, -0.2) is 4.98 Å². The van der Waals surface area contributed by atoms with Crippen LogP contribution in [0.25, 0.3) is 17.1 Å². The summed E-state index contributed by atoms with van der Waals surface area (Å²) in [7, 11) is 0. The zero-order chi connectivity index (χ0) is 17.9. The van der Waals surface area contributed by atoms with E-state index in [2.05, 4.69) is 20.5 Å². The van der Waals surface area contributed by atoms with Crippen LogP contribution in [0.15, 0.2) is 59.3 Å². The van der Waals surface area contributed by atoms with E-state index >= 15 is 0 Å². The van der Waals surface area contributed by atoms with E-state index in [4.69, 9.17) is 9.15 Å². The molecule has 0 aliphatic heterocycles. The average Bonchev–Trinajstić information content (AvgIpc) is 3.29. The number of nitrogens with one attached hydrogen (secondary N) is 1. The molecule has 0 bridgehead atoms. The molecule has 8 nitrogen and oxygen atoms in total. The first-order valence-electron chi connectivity index (χ1n) is 8.05. The molecule has 3 aromatic heterocycles. The molecule has 0 radical (unpaired) electrons. The number of ether oxygens (including phenoxy) is 1. The summed E-state index contributed by atoms with van der Waals surface area (Å²) >= 11 is 0. The van der Waals surface area contributed by atoms with E-state index in [0.29, 0.717) is 23.6 Å². The van der Waals surface area contributed by atoms with E-state index in [9.17, 15) is 4.79 Å². The topological polar surface area (TPSA) is 94.6 Å². The molecule has 0 fully saturated rings.